The number of nitrogens with zero attached hydrogens (tertiary/aromatic N) is 2. The van der Waals surface area contributed by atoms with E-state index in [1.54, 1.807) is 9.80 Å². The summed E-state index contributed by atoms with van der Waals surface area (Å²) >= 11 is 0. The molecule has 2 heterocycles. The van der Waals surface area contributed by atoms with Crippen molar-refractivity contribution in [3.05, 3.63) is 0 Å². The summed E-state index contributed by atoms with van der Waals surface area (Å²) in [6.45, 7) is 3.24. The predicted molar refractivity (Wildman–Crippen MR) is 85.9 cm³/mol. The van der Waals surface area contributed by atoms with Crippen LogP contribution in [0, 0.1) is 0 Å². The first-order chi connectivity index (χ1) is 10.8. The van der Waals surface area contributed by atoms with E-state index in [0.29, 0.717) is 25.9 Å². The standard InChI is InChI=1S/C15H26N2O5S/c1-2-3-8-17(12-6-9-23(21,22)11-12)14(18)10-16-7-4-5-13(16)15(19)20/h12-13H,2-11H2,1H3,(H,19,20). The van der Waals surface area contributed by atoms with Gasteiger partial charge in [0.15, 0.2) is 9.84 Å². The second-order valence-electron chi connectivity index (χ2n) is 6.46. The number of carboxylic acid groups (broad SMARTS) is 1. The van der Waals surface area contributed by atoms with Gasteiger partial charge < -0.3 is 10.0 Å². The molecule has 0 saturated carbocycles. The highest BCUT2D eigenvalue weighted by Crippen LogP contribution is 2.21. The summed E-state index contributed by atoms with van der Waals surface area (Å²) in [7, 11) is -3.05. The normalized spacial score (nSPS) is 27.2. The van der Waals surface area contributed by atoms with Crippen molar-refractivity contribution in [1.29, 1.82) is 0 Å². The molecule has 132 valence electrons. The van der Waals surface area contributed by atoms with Crippen LogP contribution in [0.5, 0.6) is 0 Å². The molecule has 1 N–H and O–H groups in total. The average molecular weight is 346 g/mol. The van der Waals surface area contributed by atoms with Crippen molar-refractivity contribution >= 4 is 21.7 Å². The fraction of sp³-hybridized carbons (Fsp3) is 0.867. The minimum Gasteiger partial charge on any atom is -0.480 e. The third kappa shape index (κ3) is 4.67. The van der Waals surface area contributed by atoms with Gasteiger partial charge in [0.25, 0.3) is 0 Å². The Bertz CT molecular complexity index is 548. The predicted octanol–water partition coefficient (Wildman–Crippen LogP) is 0.351. The van der Waals surface area contributed by atoms with Crippen molar-refractivity contribution in [2.24, 2.45) is 0 Å². The van der Waals surface area contributed by atoms with Gasteiger partial charge in [-0.05, 0) is 32.2 Å². The van der Waals surface area contributed by atoms with Crippen LogP contribution in [0.2, 0.25) is 0 Å². The summed E-state index contributed by atoms with van der Waals surface area (Å²) in [5.74, 6) is -0.868. The number of rotatable bonds is 7. The molecule has 0 aliphatic carbocycles. The third-order valence-corrected chi connectivity index (χ3v) is 6.46. The van der Waals surface area contributed by atoms with Crippen LogP contribution in [-0.2, 0) is 19.4 Å². The van der Waals surface area contributed by atoms with Crippen LogP contribution in [0.15, 0.2) is 0 Å². The summed E-state index contributed by atoms with van der Waals surface area (Å²) in [6, 6.07) is -0.857. The zero-order chi connectivity index (χ0) is 17.0. The molecular weight excluding hydrogens is 320 g/mol. The topological polar surface area (TPSA) is 95.0 Å². The first-order valence-corrected chi connectivity index (χ1v) is 10.1. The van der Waals surface area contributed by atoms with Crippen LogP contribution >= 0.6 is 0 Å². The number of carboxylic acids is 1. The van der Waals surface area contributed by atoms with Crippen LogP contribution < -0.4 is 0 Å². The zero-order valence-electron chi connectivity index (χ0n) is 13.6. The molecule has 2 unspecified atom stereocenters. The quantitative estimate of drug-likeness (QED) is 0.715. The van der Waals surface area contributed by atoms with Gasteiger partial charge in [0, 0.05) is 12.6 Å². The Labute approximate surface area is 137 Å². The van der Waals surface area contributed by atoms with Gasteiger partial charge in [-0.1, -0.05) is 13.3 Å². The SMILES string of the molecule is CCCCN(C(=O)CN1CCCC1C(=O)O)C1CCS(=O)(=O)C1. The number of hydrogen-bond acceptors (Lipinski definition) is 5. The van der Waals surface area contributed by atoms with Gasteiger partial charge in [0.1, 0.15) is 6.04 Å². The van der Waals surface area contributed by atoms with Gasteiger partial charge in [-0.2, -0.15) is 0 Å². The molecule has 7 nitrogen and oxygen atoms in total. The average Bonchev–Trinajstić information content (AvgIpc) is 3.06. The number of carbonyl (C=O) groups is 2. The summed E-state index contributed by atoms with van der Waals surface area (Å²) < 4.78 is 23.4. The minimum absolute atomic E-state index is 0.0326. The summed E-state index contributed by atoms with van der Waals surface area (Å²) in [5.41, 5.74) is 0. The summed E-state index contributed by atoms with van der Waals surface area (Å²) in [5, 5.41) is 9.21. The summed E-state index contributed by atoms with van der Waals surface area (Å²) in [6.07, 6.45) is 3.57. The molecule has 2 fully saturated rings. The number of amides is 1. The molecule has 2 rings (SSSR count). The number of unbranched alkanes of at least 4 members (excludes halogenated alkanes) is 1. The van der Waals surface area contributed by atoms with Crippen molar-refractivity contribution in [3.63, 3.8) is 0 Å². The van der Waals surface area contributed by atoms with Crippen molar-refractivity contribution < 1.29 is 23.1 Å². The van der Waals surface area contributed by atoms with E-state index in [1.807, 2.05) is 6.92 Å². The Kier molecular flexibility index (Phi) is 6.02. The molecular formula is C15H26N2O5S. The number of hydrogen-bond donors (Lipinski definition) is 1. The van der Waals surface area contributed by atoms with Crippen molar-refractivity contribution in [2.45, 2.75) is 51.1 Å². The Morgan fingerprint density at radius 2 is 2.04 bits per heavy atom. The molecule has 0 spiro atoms. The fourth-order valence-corrected chi connectivity index (χ4v) is 5.15. The molecule has 2 atom stereocenters. The second kappa shape index (κ2) is 7.61. The molecule has 2 saturated heterocycles. The number of sulfone groups is 1. The van der Waals surface area contributed by atoms with Crippen LogP contribution in [0.3, 0.4) is 0 Å². The molecule has 0 bridgehead atoms. The largest absolute Gasteiger partial charge is 0.480 e. The lowest BCUT2D eigenvalue weighted by molar-refractivity contribution is -0.143. The molecule has 8 heteroatoms. The van der Waals surface area contributed by atoms with Crippen LogP contribution in [0.1, 0.15) is 39.0 Å². The maximum atomic E-state index is 12.7. The molecule has 0 radical (unpaired) electrons. The first-order valence-electron chi connectivity index (χ1n) is 8.31. The lowest BCUT2D eigenvalue weighted by Gasteiger charge is -2.31. The highest BCUT2D eigenvalue weighted by molar-refractivity contribution is 7.91. The van der Waals surface area contributed by atoms with Gasteiger partial charge in [0.05, 0.1) is 18.1 Å². The van der Waals surface area contributed by atoms with Gasteiger partial charge in [-0.3, -0.25) is 14.5 Å². The monoisotopic (exact) mass is 346 g/mol. The van der Waals surface area contributed by atoms with Crippen LogP contribution in [0.25, 0.3) is 0 Å². The Hall–Kier alpha value is -1.15. The maximum Gasteiger partial charge on any atom is 0.320 e. The van der Waals surface area contributed by atoms with Gasteiger partial charge in [0.2, 0.25) is 5.91 Å². The highest BCUT2D eigenvalue weighted by atomic mass is 32.2. The van der Waals surface area contributed by atoms with E-state index in [0.717, 1.165) is 19.3 Å². The number of carbonyl (C=O) groups excluding carboxylic acids is 1. The van der Waals surface area contributed by atoms with E-state index in [2.05, 4.69) is 0 Å². The van der Waals surface area contributed by atoms with Crippen LogP contribution in [0.4, 0.5) is 0 Å². The molecule has 0 aromatic heterocycles. The van der Waals surface area contributed by atoms with E-state index in [4.69, 9.17) is 0 Å². The highest BCUT2D eigenvalue weighted by Gasteiger charge is 2.37. The molecule has 2 aliphatic heterocycles. The van der Waals surface area contributed by atoms with Crippen LogP contribution in [-0.4, -0.2) is 78.4 Å². The van der Waals surface area contributed by atoms with E-state index in [9.17, 15) is 23.1 Å². The number of likely N-dealkylation sites (tertiary alicyclic amines) is 1. The van der Waals surface area contributed by atoms with Gasteiger partial charge >= 0.3 is 5.97 Å². The van der Waals surface area contributed by atoms with E-state index >= 15 is 0 Å². The van der Waals surface area contributed by atoms with E-state index in [1.165, 1.54) is 0 Å². The molecule has 23 heavy (non-hydrogen) atoms. The molecule has 1 amide bonds. The zero-order valence-corrected chi connectivity index (χ0v) is 14.4. The fourth-order valence-electron chi connectivity index (χ4n) is 3.42. The minimum atomic E-state index is -3.05. The Balaban J connectivity index is 2.03. The van der Waals surface area contributed by atoms with Crippen molar-refractivity contribution in [2.75, 3.05) is 31.1 Å². The Morgan fingerprint density at radius 1 is 1.30 bits per heavy atom. The first kappa shape index (κ1) is 18.2. The smallest absolute Gasteiger partial charge is 0.320 e. The lowest BCUT2D eigenvalue weighted by atomic mass is 10.2. The molecule has 0 aromatic carbocycles. The van der Waals surface area contributed by atoms with Crippen molar-refractivity contribution in [1.82, 2.24) is 9.80 Å². The lowest BCUT2D eigenvalue weighted by Crippen LogP contribution is -2.48. The van der Waals surface area contributed by atoms with Gasteiger partial charge in [-0.25, -0.2) is 8.42 Å². The Morgan fingerprint density at radius 3 is 2.61 bits per heavy atom. The van der Waals surface area contributed by atoms with Gasteiger partial charge in [-0.15, -0.1) is 0 Å². The second-order valence-corrected chi connectivity index (χ2v) is 8.69. The molecule has 0 aromatic rings. The summed E-state index contributed by atoms with van der Waals surface area (Å²) in [4.78, 5) is 27.3. The number of aliphatic carboxylic acids is 1. The molecule has 2 aliphatic rings. The van der Waals surface area contributed by atoms with Crippen molar-refractivity contribution in [3.8, 4) is 0 Å². The third-order valence-electron chi connectivity index (χ3n) is 4.71. The maximum absolute atomic E-state index is 12.7. The van der Waals surface area contributed by atoms with E-state index < -0.39 is 21.8 Å². The van der Waals surface area contributed by atoms with E-state index in [-0.39, 0.29) is 30.0 Å².